The number of carbonyl (C=O) groups is 1. The van der Waals surface area contributed by atoms with E-state index in [4.69, 9.17) is 0 Å². The lowest BCUT2D eigenvalue weighted by atomic mass is 10.1. The van der Waals surface area contributed by atoms with Crippen molar-refractivity contribution < 1.29 is 13.2 Å². The smallest absolute Gasteiger partial charge is 0.317 e. The molecule has 0 radical (unpaired) electrons. The summed E-state index contributed by atoms with van der Waals surface area (Å²) in [6.07, 6.45) is 3.10. The lowest BCUT2D eigenvalue weighted by molar-refractivity contribution is 0.194. The first-order valence-electron chi connectivity index (χ1n) is 9.17. The number of hydrogen-bond acceptors (Lipinski definition) is 6. The lowest BCUT2D eigenvalue weighted by Crippen LogP contribution is -2.38. The Morgan fingerprint density at radius 3 is 2.47 bits per heavy atom. The number of amides is 2. The molecule has 1 unspecified atom stereocenters. The summed E-state index contributed by atoms with van der Waals surface area (Å²) in [7, 11) is 1.24. The maximum Gasteiger partial charge on any atom is 0.317 e. The van der Waals surface area contributed by atoms with Crippen molar-refractivity contribution >= 4 is 27.4 Å². The maximum absolute atomic E-state index is 12.6. The van der Waals surface area contributed by atoms with E-state index in [0.717, 1.165) is 27.5 Å². The van der Waals surface area contributed by atoms with Crippen LogP contribution in [-0.2, 0) is 16.6 Å². The number of thiophene rings is 1. The average Bonchev–Trinajstić information content (AvgIpc) is 3.43. The monoisotopic (exact) mass is 448 g/mol. The molecule has 0 saturated carbocycles. The molecule has 11 heteroatoms. The Balaban J connectivity index is 1.60. The fraction of sp³-hybridized carbons (Fsp3) is 0.316. The summed E-state index contributed by atoms with van der Waals surface area (Å²) in [4.78, 5) is 18.9. The first kappa shape index (κ1) is 21.9. The predicted molar refractivity (Wildman–Crippen MR) is 115 cm³/mol. The van der Waals surface area contributed by atoms with E-state index in [1.165, 1.54) is 24.7 Å². The molecule has 2 amide bonds. The Kier molecular flexibility index (Phi) is 6.54. The summed E-state index contributed by atoms with van der Waals surface area (Å²) in [6, 6.07) is 10.6. The molecule has 0 fully saturated rings. The van der Waals surface area contributed by atoms with Gasteiger partial charge in [0.2, 0.25) is 0 Å². The van der Waals surface area contributed by atoms with Crippen LogP contribution in [0.1, 0.15) is 23.4 Å². The third-order valence-corrected chi connectivity index (χ3v) is 8.11. The molecule has 9 nitrogen and oxygen atoms in total. The van der Waals surface area contributed by atoms with Crippen LogP contribution in [0.4, 0.5) is 4.79 Å². The summed E-state index contributed by atoms with van der Waals surface area (Å²) >= 11 is 1.15. The molecule has 2 heterocycles. The van der Waals surface area contributed by atoms with Gasteiger partial charge >= 0.3 is 6.03 Å². The van der Waals surface area contributed by atoms with Gasteiger partial charge in [-0.1, -0.05) is 12.1 Å². The zero-order chi connectivity index (χ0) is 21.9. The minimum Gasteiger partial charge on any atom is -0.333 e. The van der Waals surface area contributed by atoms with Crippen LogP contribution in [0.5, 0.6) is 0 Å². The van der Waals surface area contributed by atoms with Crippen molar-refractivity contribution in [2.75, 3.05) is 21.1 Å². The zero-order valence-electron chi connectivity index (χ0n) is 17.2. The van der Waals surface area contributed by atoms with E-state index in [0.29, 0.717) is 0 Å². The van der Waals surface area contributed by atoms with Gasteiger partial charge in [0.25, 0.3) is 10.0 Å². The van der Waals surface area contributed by atoms with Gasteiger partial charge < -0.3 is 10.2 Å². The third kappa shape index (κ3) is 4.69. The normalized spacial score (nSPS) is 12.7. The van der Waals surface area contributed by atoms with E-state index < -0.39 is 10.0 Å². The molecule has 30 heavy (non-hydrogen) atoms. The number of nitrogens with zero attached hydrogens (tertiary/aromatic N) is 5. The molecule has 0 spiro atoms. The Morgan fingerprint density at radius 2 is 1.87 bits per heavy atom. The number of rotatable bonds is 7. The molecule has 0 bridgehead atoms. The topological polar surface area (TPSA) is 100 Å². The van der Waals surface area contributed by atoms with Crippen LogP contribution in [0.15, 0.2) is 53.3 Å². The minimum absolute atomic E-state index is 0.150. The van der Waals surface area contributed by atoms with Crippen LogP contribution in [0.3, 0.4) is 0 Å². The molecular formula is C19H24N6O3S2. The lowest BCUT2D eigenvalue weighted by Gasteiger charge is -2.25. The van der Waals surface area contributed by atoms with Crippen molar-refractivity contribution in [2.24, 2.45) is 0 Å². The van der Waals surface area contributed by atoms with Crippen molar-refractivity contribution in [3.8, 4) is 5.69 Å². The van der Waals surface area contributed by atoms with E-state index in [1.807, 2.05) is 31.2 Å². The summed E-state index contributed by atoms with van der Waals surface area (Å²) in [5.41, 5.74) is 1.86. The number of benzene rings is 1. The second kappa shape index (κ2) is 8.94. The van der Waals surface area contributed by atoms with Crippen molar-refractivity contribution in [3.05, 3.63) is 59.5 Å². The summed E-state index contributed by atoms with van der Waals surface area (Å²) < 4.78 is 27.4. The number of carbonyl (C=O) groups excluding carboxylic acids is 1. The van der Waals surface area contributed by atoms with Crippen molar-refractivity contribution in [1.82, 2.24) is 29.3 Å². The first-order valence-corrected chi connectivity index (χ1v) is 11.4. The highest BCUT2D eigenvalue weighted by Gasteiger charge is 2.21. The van der Waals surface area contributed by atoms with E-state index in [9.17, 15) is 13.2 Å². The molecule has 1 aromatic carbocycles. The Hall–Kier alpha value is -2.76. The average molecular weight is 449 g/mol. The van der Waals surface area contributed by atoms with Crippen LogP contribution >= 0.6 is 11.3 Å². The molecule has 0 aliphatic rings. The standard InChI is InChI=1S/C19H24N6O3S2/c1-14(15-5-7-16(8-6-15)25-13-20-12-22-25)24(4)19(26)21-11-17-9-10-18(29-17)30(27,28)23(2)3/h5-10,12-14H,11H2,1-4H3,(H,21,26). The van der Waals surface area contributed by atoms with E-state index in [1.54, 1.807) is 35.1 Å². The van der Waals surface area contributed by atoms with Gasteiger partial charge in [-0.3, -0.25) is 0 Å². The highest BCUT2D eigenvalue weighted by atomic mass is 32.2. The molecule has 0 aliphatic heterocycles. The molecule has 2 aromatic heterocycles. The molecule has 3 rings (SSSR count). The van der Waals surface area contributed by atoms with Gasteiger partial charge in [-0.15, -0.1) is 11.3 Å². The van der Waals surface area contributed by atoms with Crippen LogP contribution < -0.4 is 5.32 Å². The van der Waals surface area contributed by atoms with Crippen molar-refractivity contribution in [1.29, 1.82) is 0 Å². The highest BCUT2D eigenvalue weighted by molar-refractivity contribution is 7.91. The summed E-state index contributed by atoms with van der Waals surface area (Å²) in [5.74, 6) is 0. The van der Waals surface area contributed by atoms with Crippen LogP contribution in [-0.4, -0.2) is 59.6 Å². The zero-order valence-corrected chi connectivity index (χ0v) is 18.8. The Bertz CT molecular complexity index is 1090. The van der Waals surface area contributed by atoms with Crippen LogP contribution in [0.25, 0.3) is 5.69 Å². The predicted octanol–water partition coefficient (Wildman–Crippen LogP) is 2.48. The molecule has 1 atom stereocenters. The van der Waals surface area contributed by atoms with Gasteiger partial charge in [0, 0.05) is 26.0 Å². The number of aromatic nitrogens is 3. The van der Waals surface area contributed by atoms with Gasteiger partial charge in [0.1, 0.15) is 16.9 Å². The molecular weight excluding hydrogens is 424 g/mol. The minimum atomic E-state index is -3.46. The Morgan fingerprint density at radius 1 is 1.17 bits per heavy atom. The van der Waals surface area contributed by atoms with Gasteiger partial charge in [0.15, 0.2) is 0 Å². The van der Waals surface area contributed by atoms with Gasteiger partial charge in [-0.25, -0.2) is 27.2 Å². The SMILES string of the molecule is CC(c1ccc(-n2cncn2)cc1)N(C)C(=O)NCc1ccc(S(=O)(=O)N(C)C)s1. The van der Waals surface area contributed by atoms with Crippen LogP contribution in [0, 0.1) is 0 Å². The van der Waals surface area contributed by atoms with Gasteiger partial charge in [-0.05, 0) is 36.8 Å². The van der Waals surface area contributed by atoms with Crippen molar-refractivity contribution in [2.45, 2.75) is 23.7 Å². The number of nitrogens with one attached hydrogen (secondary N) is 1. The molecule has 1 N–H and O–H groups in total. The summed E-state index contributed by atoms with van der Waals surface area (Å²) in [6.45, 7) is 2.20. The molecule has 160 valence electrons. The highest BCUT2D eigenvalue weighted by Crippen LogP contribution is 2.24. The second-order valence-electron chi connectivity index (χ2n) is 6.89. The quantitative estimate of drug-likeness (QED) is 0.598. The van der Waals surface area contributed by atoms with Crippen LogP contribution in [0.2, 0.25) is 0 Å². The van der Waals surface area contributed by atoms with Gasteiger partial charge in [0.05, 0.1) is 18.3 Å². The fourth-order valence-corrected chi connectivity index (χ4v) is 5.17. The number of hydrogen-bond donors (Lipinski definition) is 1. The molecule has 3 aromatic rings. The Labute approximate surface area is 180 Å². The molecule has 0 saturated heterocycles. The first-order chi connectivity index (χ1) is 14.2. The molecule has 0 aliphatic carbocycles. The maximum atomic E-state index is 12.6. The number of urea groups is 1. The van der Waals surface area contributed by atoms with Gasteiger partial charge in [-0.2, -0.15) is 5.10 Å². The summed E-state index contributed by atoms with van der Waals surface area (Å²) in [5, 5.41) is 6.94. The van der Waals surface area contributed by atoms with Crippen molar-refractivity contribution in [3.63, 3.8) is 0 Å². The third-order valence-electron chi connectivity index (χ3n) is 4.75. The largest absolute Gasteiger partial charge is 0.333 e. The second-order valence-corrected chi connectivity index (χ2v) is 10.4. The fourth-order valence-electron chi connectivity index (χ4n) is 2.71. The van der Waals surface area contributed by atoms with E-state index in [-0.39, 0.29) is 22.8 Å². The number of sulfonamides is 1. The van der Waals surface area contributed by atoms with E-state index in [2.05, 4.69) is 15.4 Å². The van der Waals surface area contributed by atoms with E-state index >= 15 is 0 Å².